The summed E-state index contributed by atoms with van der Waals surface area (Å²) in [6.07, 6.45) is 0.974. The van der Waals surface area contributed by atoms with E-state index in [4.69, 9.17) is 4.74 Å². The summed E-state index contributed by atoms with van der Waals surface area (Å²) < 4.78 is 32.9. The molecular weight excluding hydrogens is 392 g/mol. The molecule has 29 heavy (non-hydrogen) atoms. The Morgan fingerprint density at radius 2 is 1.76 bits per heavy atom. The van der Waals surface area contributed by atoms with Crippen molar-refractivity contribution in [3.8, 4) is 0 Å². The average molecular weight is 416 g/mol. The Balaban J connectivity index is 1.66. The molecule has 1 fully saturated rings. The van der Waals surface area contributed by atoms with Gasteiger partial charge in [0.15, 0.2) is 6.10 Å². The Morgan fingerprint density at radius 1 is 1.07 bits per heavy atom. The molecule has 1 aliphatic rings. The molecule has 0 spiro atoms. The molecule has 1 saturated heterocycles. The largest absolute Gasteiger partial charge is 0.449 e. The van der Waals surface area contributed by atoms with Gasteiger partial charge in [0, 0.05) is 19.6 Å². The van der Waals surface area contributed by atoms with Gasteiger partial charge >= 0.3 is 5.97 Å². The normalized spacial score (nSPS) is 15.1. The van der Waals surface area contributed by atoms with Crippen LogP contribution < -0.4 is 4.72 Å². The fourth-order valence-corrected chi connectivity index (χ4v) is 4.18. The van der Waals surface area contributed by atoms with E-state index in [9.17, 15) is 18.0 Å². The van der Waals surface area contributed by atoms with E-state index in [0.29, 0.717) is 13.1 Å². The molecule has 2 aromatic carbocycles. The number of carbonyl (C=O) groups is 2. The van der Waals surface area contributed by atoms with Crippen molar-refractivity contribution in [3.63, 3.8) is 0 Å². The third-order valence-corrected chi connectivity index (χ3v) is 6.14. The first-order valence-corrected chi connectivity index (χ1v) is 11.0. The van der Waals surface area contributed by atoms with Gasteiger partial charge in [-0.3, -0.25) is 4.79 Å². The van der Waals surface area contributed by atoms with Crippen LogP contribution in [0.3, 0.4) is 0 Å². The molecule has 0 aromatic heterocycles. The first kappa shape index (κ1) is 21.0. The molecule has 154 valence electrons. The van der Waals surface area contributed by atoms with Gasteiger partial charge in [0.2, 0.25) is 10.0 Å². The molecular formula is C21H24N2O5S. The standard InChI is InChI=1S/C21H24N2O5S/c1-16(20(24)23-12-5-6-13-23)28-21(25)18-10-7-11-19(14-18)29(26,27)22-15-17-8-3-2-4-9-17/h2-4,7-11,14,16,22H,5-6,12-13,15H2,1H3. The minimum absolute atomic E-state index is 0.0404. The number of rotatable bonds is 7. The first-order chi connectivity index (χ1) is 13.9. The predicted molar refractivity (Wildman–Crippen MR) is 108 cm³/mol. The van der Waals surface area contributed by atoms with Gasteiger partial charge in [-0.1, -0.05) is 36.4 Å². The van der Waals surface area contributed by atoms with Crippen molar-refractivity contribution in [2.24, 2.45) is 0 Å². The number of nitrogens with one attached hydrogen (secondary N) is 1. The molecule has 0 aliphatic carbocycles. The van der Waals surface area contributed by atoms with Crippen LogP contribution in [0.1, 0.15) is 35.7 Å². The lowest BCUT2D eigenvalue weighted by Crippen LogP contribution is -2.38. The third kappa shape index (κ3) is 5.42. The van der Waals surface area contributed by atoms with Gasteiger partial charge in [0.25, 0.3) is 5.91 Å². The number of hydrogen-bond acceptors (Lipinski definition) is 5. The molecule has 7 nitrogen and oxygen atoms in total. The second-order valence-corrected chi connectivity index (χ2v) is 8.68. The van der Waals surface area contributed by atoms with Gasteiger partial charge in [-0.2, -0.15) is 0 Å². The van der Waals surface area contributed by atoms with E-state index in [1.165, 1.54) is 31.2 Å². The minimum atomic E-state index is -3.81. The summed E-state index contributed by atoms with van der Waals surface area (Å²) in [5.74, 6) is -0.964. The highest BCUT2D eigenvalue weighted by Crippen LogP contribution is 2.15. The first-order valence-electron chi connectivity index (χ1n) is 9.50. The molecule has 0 bridgehead atoms. The highest BCUT2D eigenvalue weighted by molar-refractivity contribution is 7.89. The molecule has 1 N–H and O–H groups in total. The van der Waals surface area contributed by atoms with E-state index in [0.717, 1.165) is 18.4 Å². The van der Waals surface area contributed by atoms with Crippen molar-refractivity contribution in [1.82, 2.24) is 9.62 Å². The molecule has 3 rings (SSSR count). The molecule has 0 saturated carbocycles. The van der Waals surface area contributed by atoms with E-state index >= 15 is 0 Å². The summed E-state index contributed by atoms with van der Waals surface area (Å²) in [7, 11) is -3.81. The fraction of sp³-hybridized carbons (Fsp3) is 0.333. The summed E-state index contributed by atoms with van der Waals surface area (Å²) in [5.41, 5.74) is 0.898. The molecule has 1 atom stereocenters. The Morgan fingerprint density at radius 3 is 2.45 bits per heavy atom. The van der Waals surface area contributed by atoms with Crippen LogP contribution in [0.4, 0.5) is 0 Å². The van der Waals surface area contributed by atoms with Crippen molar-refractivity contribution >= 4 is 21.9 Å². The highest BCUT2D eigenvalue weighted by atomic mass is 32.2. The molecule has 1 heterocycles. The van der Waals surface area contributed by atoms with E-state index in [2.05, 4.69) is 4.72 Å². The smallest absolute Gasteiger partial charge is 0.338 e. The van der Waals surface area contributed by atoms with E-state index in [-0.39, 0.29) is 22.9 Å². The lowest BCUT2D eigenvalue weighted by molar-refractivity contribution is -0.138. The van der Waals surface area contributed by atoms with Crippen molar-refractivity contribution in [2.45, 2.75) is 37.3 Å². The number of hydrogen-bond donors (Lipinski definition) is 1. The van der Waals surface area contributed by atoms with Gasteiger partial charge in [0.05, 0.1) is 10.5 Å². The van der Waals surface area contributed by atoms with Crippen LogP contribution in [0, 0.1) is 0 Å². The predicted octanol–water partition coefficient (Wildman–Crippen LogP) is 2.33. The number of amides is 1. The third-order valence-electron chi connectivity index (χ3n) is 4.74. The zero-order chi connectivity index (χ0) is 20.9. The Bertz CT molecular complexity index is 970. The second-order valence-electron chi connectivity index (χ2n) is 6.92. The number of esters is 1. The lowest BCUT2D eigenvalue weighted by atomic mass is 10.2. The zero-order valence-electron chi connectivity index (χ0n) is 16.2. The van der Waals surface area contributed by atoms with Gasteiger partial charge in [-0.25, -0.2) is 17.9 Å². The van der Waals surface area contributed by atoms with Crippen molar-refractivity contribution in [2.75, 3.05) is 13.1 Å². The monoisotopic (exact) mass is 416 g/mol. The minimum Gasteiger partial charge on any atom is -0.449 e. The van der Waals surface area contributed by atoms with Crippen LogP contribution in [-0.2, 0) is 26.1 Å². The summed E-state index contributed by atoms with van der Waals surface area (Å²) in [4.78, 5) is 26.4. The Labute approximate surface area is 170 Å². The summed E-state index contributed by atoms with van der Waals surface area (Å²) in [5, 5.41) is 0. The SMILES string of the molecule is CC(OC(=O)c1cccc(S(=O)(=O)NCc2ccccc2)c1)C(=O)N1CCCC1. The Hall–Kier alpha value is -2.71. The molecule has 1 unspecified atom stereocenters. The van der Waals surface area contributed by atoms with Crippen LogP contribution >= 0.6 is 0 Å². The quantitative estimate of drug-likeness (QED) is 0.700. The zero-order valence-corrected chi connectivity index (χ0v) is 17.0. The van der Waals surface area contributed by atoms with Crippen LogP contribution in [0.2, 0.25) is 0 Å². The fourth-order valence-electron chi connectivity index (χ4n) is 3.12. The lowest BCUT2D eigenvalue weighted by Gasteiger charge is -2.20. The molecule has 2 aromatic rings. The number of likely N-dealkylation sites (tertiary alicyclic amines) is 1. The molecule has 0 radical (unpaired) electrons. The average Bonchev–Trinajstić information content (AvgIpc) is 3.27. The summed E-state index contributed by atoms with van der Waals surface area (Å²) >= 11 is 0. The van der Waals surface area contributed by atoms with Crippen LogP contribution in [0.15, 0.2) is 59.5 Å². The van der Waals surface area contributed by atoms with Crippen LogP contribution in [-0.4, -0.2) is 44.4 Å². The maximum atomic E-state index is 12.6. The molecule has 8 heteroatoms. The van der Waals surface area contributed by atoms with Crippen molar-refractivity contribution in [3.05, 3.63) is 65.7 Å². The summed E-state index contributed by atoms with van der Waals surface area (Å²) in [6.45, 7) is 3.00. The van der Waals surface area contributed by atoms with Crippen molar-refractivity contribution < 1.29 is 22.7 Å². The number of ether oxygens (including phenoxy) is 1. The van der Waals surface area contributed by atoms with E-state index < -0.39 is 22.1 Å². The maximum absolute atomic E-state index is 12.6. The number of nitrogens with zero attached hydrogens (tertiary/aromatic N) is 1. The number of carbonyl (C=O) groups excluding carboxylic acids is 2. The van der Waals surface area contributed by atoms with Crippen LogP contribution in [0.5, 0.6) is 0 Å². The van der Waals surface area contributed by atoms with Gasteiger partial charge < -0.3 is 9.64 Å². The van der Waals surface area contributed by atoms with Crippen molar-refractivity contribution in [1.29, 1.82) is 0 Å². The Kier molecular flexibility index (Phi) is 6.66. The van der Waals surface area contributed by atoms with Gasteiger partial charge in [-0.05, 0) is 43.5 Å². The second kappa shape index (κ2) is 9.19. The van der Waals surface area contributed by atoms with Gasteiger partial charge in [-0.15, -0.1) is 0 Å². The topological polar surface area (TPSA) is 92.8 Å². The van der Waals surface area contributed by atoms with Crippen LogP contribution in [0.25, 0.3) is 0 Å². The van der Waals surface area contributed by atoms with Gasteiger partial charge in [0.1, 0.15) is 0 Å². The van der Waals surface area contributed by atoms with E-state index in [1.54, 1.807) is 4.90 Å². The molecule has 1 amide bonds. The highest BCUT2D eigenvalue weighted by Gasteiger charge is 2.26. The van der Waals surface area contributed by atoms with E-state index in [1.807, 2.05) is 30.3 Å². The number of benzene rings is 2. The maximum Gasteiger partial charge on any atom is 0.338 e. The summed E-state index contributed by atoms with van der Waals surface area (Å²) in [6, 6.07) is 14.7. The number of sulfonamides is 1. The molecule has 1 aliphatic heterocycles.